The van der Waals surface area contributed by atoms with E-state index in [1.807, 2.05) is 0 Å². The lowest BCUT2D eigenvalue weighted by molar-refractivity contribution is -0.138. The predicted molar refractivity (Wildman–Crippen MR) is 118 cm³/mol. The van der Waals surface area contributed by atoms with E-state index in [1.54, 1.807) is 4.90 Å². The quantitative estimate of drug-likeness (QED) is 0.529. The summed E-state index contributed by atoms with van der Waals surface area (Å²) in [7, 11) is 0. The maximum absolute atomic E-state index is 13.6. The Morgan fingerprint density at radius 3 is 2.31 bits per heavy atom. The molecule has 0 radical (unpaired) electrons. The number of carbonyl (C=O) groups is 2. The van der Waals surface area contributed by atoms with Gasteiger partial charge in [0.05, 0.1) is 16.8 Å². The van der Waals surface area contributed by atoms with Gasteiger partial charge in [-0.05, 0) is 30.3 Å². The van der Waals surface area contributed by atoms with Gasteiger partial charge in [0.2, 0.25) is 5.88 Å². The van der Waals surface area contributed by atoms with Crippen molar-refractivity contribution in [3.8, 4) is 5.88 Å². The summed E-state index contributed by atoms with van der Waals surface area (Å²) in [6.07, 6.45) is -5.75. The Morgan fingerprint density at radius 1 is 0.917 bits per heavy atom. The van der Waals surface area contributed by atoms with E-state index in [9.17, 15) is 31.5 Å². The van der Waals surface area contributed by atoms with Gasteiger partial charge in [0, 0.05) is 38.3 Å². The van der Waals surface area contributed by atoms with Crippen molar-refractivity contribution >= 4 is 23.5 Å². The van der Waals surface area contributed by atoms with Crippen LogP contribution in [0.4, 0.5) is 38.3 Å². The van der Waals surface area contributed by atoms with Gasteiger partial charge in [-0.3, -0.25) is 10.1 Å². The third-order valence-electron chi connectivity index (χ3n) is 5.34. The first-order valence-electron chi connectivity index (χ1n) is 10.6. The fraction of sp³-hybridized carbons (Fsp3) is 0.217. The Hall–Kier alpha value is -4.29. The van der Waals surface area contributed by atoms with Gasteiger partial charge in [-0.1, -0.05) is 12.1 Å². The molecule has 13 heteroatoms. The minimum Gasteiger partial charge on any atom is -0.389 e. The zero-order valence-electron chi connectivity index (χ0n) is 18.4. The van der Waals surface area contributed by atoms with Gasteiger partial charge in [-0.25, -0.2) is 13.6 Å². The molecule has 0 spiro atoms. The molecule has 1 N–H and O–H groups in total. The van der Waals surface area contributed by atoms with Crippen LogP contribution in [0, 0.1) is 11.6 Å². The highest BCUT2D eigenvalue weighted by atomic mass is 19.4. The molecule has 4 rings (SSSR count). The van der Waals surface area contributed by atoms with Crippen molar-refractivity contribution in [2.75, 3.05) is 36.4 Å². The Bertz CT molecular complexity index is 1260. The van der Waals surface area contributed by atoms with Crippen molar-refractivity contribution in [3.05, 3.63) is 77.4 Å². The van der Waals surface area contributed by atoms with Crippen molar-refractivity contribution in [3.63, 3.8) is 0 Å². The van der Waals surface area contributed by atoms with Gasteiger partial charge in [-0.15, -0.1) is 10.2 Å². The average molecular weight is 507 g/mol. The molecule has 3 aromatic rings. The molecule has 1 aliphatic rings. The van der Waals surface area contributed by atoms with Gasteiger partial charge in [0.1, 0.15) is 11.6 Å². The number of amides is 2. The van der Waals surface area contributed by atoms with Crippen LogP contribution in [0.2, 0.25) is 0 Å². The van der Waals surface area contributed by atoms with E-state index < -0.39 is 46.6 Å². The van der Waals surface area contributed by atoms with Gasteiger partial charge >= 0.3 is 12.3 Å². The molecule has 0 atom stereocenters. The lowest BCUT2D eigenvalue weighted by atomic mass is 10.1. The van der Waals surface area contributed by atoms with E-state index in [-0.39, 0.29) is 32.1 Å². The van der Waals surface area contributed by atoms with Crippen LogP contribution in [0.3, 0.4) is 0 Å². The van der Waals surface area contributed by atoms with E-state index in [0.717, 1.165) is 30.3 Å². The number of rotatable bonds is 4. The fourth-order valence-electron chi connectivity index (χ4n) is 3.59. The average Bonchev–Trinajstić information content (AvgIpc) is 2.86. The number of ether oxygens (including phenoxy) is 1. The van der Waals surface area contributed by atoms with E-state index >= 15 is 0 Å². The minimum atomic E-state index is -4.64. The number of alkyl halides is 3. The van der Waals surface area contributed by atoms with Crippen LogP contribution >= 0.6 is 0 Å². The zero-order chi connectivity index (χ0) is 25.9. The maximum atomic E-state index is 13.6. The summed E-state index contributed by atoms with van der Waals surface area (Å²) in [5.74, 6) is -2.12. The number of halogens is 5. The van der Waals surface area contributed by atoms with Crippen LogP contribution in [-0.4, -0.2) is 53.3 Å². The fourth-order valence-corrected chi connectivity index (χ4v) is 3.59. The summed E-state index contributed by atoms with van der Waals surface area (Å²) < 4.78 is 71.5. The molecule has 0 aliphatic carbocycles. The van der Waals surface area contributed by atoms with Crippen molar-refractivity contribution in [2.45, 2.75) is 6.18 Å². The van der Waals surface area contributed by atoms with E-state index in [2.05, 4.69) is 15.5 Å². The number of benzene rings is 2. The molecule has 2 heterocycles. The Balaban J connectivity index is 1.34. The Labute approximate surface area is 201 Å². The molecule has 2 amide bonds. The lowest BCUT2D eigenvalue weighted by Crippen LogP contribution is -2.49. The summed E-state index contributed by atoms with van der Waals surface area (Å²) in [5, 5.41) is 9.78. The highest BCUT2D eigenvalue weighted by Crippen LogP contribution is 2.32. The molecule has 1 aromatic heterocycles. The summed E-state index contributed by atoms with van der Waals surface area (Å²) in [5.41, 5.74) is -1.80. The van der Waals surface area contributed by atoms with Crippen molar-refractivity contribution in [1.29, 1.82) is 0 Å². The largest absolute Gasteiger partial charge is 0.418 e. The molecule has 1 aliphatic heterocycles. The van der Waals surface area contributed by atoms with E-state index in [4.69, 9.17) is 4.74 Å². The first kappa shape index (κ1) is 24.8. The topological polar surface area (TPSA) is 87.7 Å². The standard InChI is InChI=1S/C23H18F5N5O3/c24-14-5-6-17(25)18(13-14)29-22(35)36-20-8-7-19(30-31-20)32-9-11-33(12-10-32)21(34)15-3-1-2-4-16(15)23(26,27)28/h1-8,13H,9-12H2,(H,29,35). The van der Waals surface area contributed by atoms with Crippen LogP contribution in [0.25, 0.3) is 0 Å². The molecule has 0 unspecified atom stereocenters. The maximum Gasteiger partial charge on any atom is 0.418 e. The van der Waals surface area contributed by atoms with Gasteiger partial charge < -0.3 is 14.5 Å². The highest BCUT2D eigenvalue weighted by molar-refractivity contribution is 5.96. The van der Waals surface area contributed by atoms with Gasteiger partial charge in [0.15, 0.2) is 5.82 Å². The van der Waals surface area contributed by atoms with Crippen LogP contribution < -0.4 is 15.0 Å². The summed E-state index contributed by atoms with van der Waals surface area (Å²) in [6, 6.07) is 10.0. The molecule has 188 valence electrons. The highest BCUT2D eigenvalue weighted by Gasteiger charge is 2.36. The van der Waals surface area contributed by atoms with Crippen molar-refractivity contribution in [2.24, 2.45) is 0 Å². The van der Waals surface area contributed by atoms with E-state index in [1.165, 1.54) is 29.2 Å². The minimum absolute atomic E-state index is 0.159. The molecule has 1 saturated heterocycles. The summed E-state index contributed by atoms with van der Waals surface area (Å²) in [6.45, 7) is 0.890. The molecule has 2 aromatic carbocycles. The van der Waals surface area contributed by atoms with Gasteiger partial charge in [0.25, 0.3) is 5.91 Å². The van der Waals surface area contributed by atoms with Crippen molar-refractivity contribution < 1.29 is 36.3 Å². The molecule has 8 nitrogen and oxygen atoms in total. The zero-order valence-corrected chi connectivity index (χ0v) is 18.4. The van der Waals surface area contributed by atoms with Crippen LogP contribution in [-0.2, 0) is 6.18 Å². The first-order valence-corrected chi connectivity index (χ1v) is 10.6. The number of hydrogen-bond acceptors (Lipinski definition) is 6. The second kappa shape index (κ2) is 10.1. The van der Waals surface area contributed by atoms with E-state index in [0.29, 0.717) is 5.82 Å². The second-order valence-corrected chi connectivity index (χ2v) is 7.69. The first-order chi connectivity index (χ1) is 17.1. The normalized spacial score (nSPS) is 13.9. The number of hydrogen-bond donors (Lipinski definition) is 1. The monoisotopic (exact) mass is 507 g/mol. The Morgan fingerprint density at radius 2 is 1.64 bits per heavy atom. The smallest absolute Gasteiger partial charge is 0.389 e. The van der Waals surface area contributed by atoms with Crippen LogP contribution in [0.5, 0.6) is 5.88 Å². The number of anilines is 2. The van der Waals surface area contributed by atoms with Crippen LogP contribution in [0.15, 0.2) is 54.6 Å². The van der Waals surface area contributed by atoms with Crippen LogP contribution in [0.1, 0.15) is 15.9 Å². The number of nitrogens with zero attached hydrogens (tertiary/aromatic N) is 4. The molecule has 0 bridgehead atoms. The SMILES string of the molecule is O=C(Nc1cc(F)ccc1F)Oc1ccc(N2CCN(C(=O)c3ccccc3C(F)(F)F)CC2)nn1. The number of carbonyl (C=O) groups excluding carboxylic acids is 2. The third-order valence-corrected chi connectivity index (χ3v) is 5.34. The predicted octanol–water partition coefficient (Wildman–Crippen LogP) is 4.35. The van der Waals surface area contributed by atoms with Gasteiger partial charge in [-0.2, -0.15) is 13.2 Å². The number of aromatic nitrogens is 2. The molecular formula is C23H18F5N5O3. The Kier molecular flexibility index (Phi) is 6.99. The summed E-state index contributed by atoms with van der Waals surface area (Å²) in [4.78, 5) is 27.7. The molecule has 1 fully saturated rings. The third kappa shape index (κ3) is 5.67. The second-order valence-electron chi connectivity index (χ2n) is 7.69. The molecule has 36 heavy (non-hydrogen) atoms. The lowest BCUT2D eigenvalue weighted by Gasteiger charge is -2.35. The number of piperazine rings is 1. The summed E-state index contributed by atoms with van der Waals surface area (Å²) >= 11 is 0. The molecule has 0 saturated carbocycles. The van der Waals surface area contributed by atoms with Crippen molar-refractivity contribution in [1.82, 2.24) is 15.1 Å². The molecular weight excluding hydrogens is 489 g/mol. The number of nitrogens with one attached hydrogen (secondary N) is 1.